The Hall–Kier alpha value is -3.60. The van der Waals surface area contributed by atoms with Crippen LogP contribution >= 0.6 is 0 Å². The van der Waals surface area contributed by atoms with Crippen LogP contribution in [0, 0.1) is 0 Å². The first-order chi connectivity index (χ1) is 14.0. The van der Waals surface area contributed by atoms with Crippen LogP contribution in [0.1, 0.15) is 22.5 Å². The highest BCUT2D eigenvalue weighted by Gasteiger charge is 2.13. The van der Waals surface area contributed by atoms with Gasteiger partial charge >= 0.3 is 5.69 Å². The minimum absolute atomic E-state index is 0.0944. The number of benzene rings is 2. The fraction of sp³-hybridized carbons (Fsp3) is 0.167. The molecule has 0 aliphatic carbocycles. The monoisotopic (exact) mass is 389 g/mol. The van der Waals surface area contributed by atoms with E-state index < -0.39 is 0 Å². The number of nitrogens with zero attached hydrogens (tertiary/aromatic N) is 2. The number of hydrogen-bond donors (Lipinski definition) is 0. The van der Waals surface area contributed by atoms with Gasteiger partial charge in [-0.3, -0.25) is 0 Å². The van der Waals surface area contributed by atoms with Gasteiger partial charge in [0.25, 0.3) is 0 Å². The highest BCUT2D eigenvalue weighted by Crippen LogP contribution is 2.16. The maximum Gasteiger partial charge on any atom is 0.498 e. The molecule has 5 nitrogen and oxygen atoms in total. The van der Waals surface area contributed by atoms with Crippen molar-refractivity contribution in [2.45, 2.75) is 0 Å². The molecule has 0 aliphatic heterocycles. The van der Waals surface area contributed by atoms with Gasteiger partial charge in [0, 0.05) is 6.07 Å². The first-order valence-corrected chi connectivity index (χ1v) is 9.26. The third-order valence-corrected chi connectivity index (χ3v) is 4.72. The molecule has 0 radical (unpaired) electrons. The lowest BCUT2D eigenvalue weighted by atomic mass is 10.1. The SMILES string of the molecule is COc1cccc(C=Cc2cc(C=Cc3cccc(OC)c3)[n+](C)c(=O)n2C)c1. The standard InChI is InChI=1S/C24H25N2O3/c1-25-20(13-11-18-7-5-9-22(15-18)28-3)17-21(26(2)24(25)27)14-12-19-8-6-10-23(16-19)29-4/h5-17H,1-4H3/q+1. The van der Waals surface area contributed by atoms with E-state index in [0.29, 0.717) is 0 Å². The van der Waals surface area contributed by atoms with Crippen molar-refractivity contribution in [1.82, 2.24) is 4.57 Å². The number of methoxy groups -OCH3 is 2. The van der Waals surface area contributed by atoms with Gasteiger partial charge in [0.2, 0.25) is 0 Å². The number of ether oxygens (including phenoxy) is 2. The summed E-state index contributed by atoms with van der Waals surface area (Å²) >= 11 is 0. The molecule has 148 valence electrons. The summed E-state index contributed by atoms with van der Waals surface area (Å²) in [6, 6.07) is 17.5. The fourth-order valence-corrected chi connectivity index (χ4v) is 2.96. The second-order valence-corrected chi connectivity index (χ2v) is 6.61. The third kappa shape index (κ3) is 4.82. The summed E-state index contributed by atoms with van der Waals surface area (Å²) in [5.41, 5.74) is 3.52. The fourth-order valence-electron chi connectivity index (χ4n) is 2.96. The molecule has 3 rings (SSSR count). The lowest BCUT2D eigenvalue weighted by Gasteiger charge is -2.04. The first kappa shape index (κ1) is 20.1. The van der Waals surface area contributed by atoms with Gasteiger partial charge in [-0.2, -0.15) is 13.9 Å². The molecular formula is C24H25N2O3+. The number of aromatic nitrogens is 2. The Morgan fingerprint density at radius 1 is 0.828 bits per heavy atom. The van der Waals surface area contributed by atoms with Gasteiger partial charge < -0.3 is 9.47 Å². The van der Waals surface area contributed by atoms with Crippen molar-refractivity contribution in [1.29, 1.82) is 0 Å². The maximum atomic E-state index is 12.7. The van der Waals surface area contributed by atoms with E-state index in [1.165, 1.54) is 0 Å². The predicted molar refractivity (Wildman–Crippen MR) is 117 cm³/mol. The predicted octanol–water partition coefficient (Wildman–Crippen LogP) is 3.57. The quantitative estimate of drug-likeness (QED) is 0.606. The van der Waals surface area contributed by atoms with E-state index in [0.717, 1.165) is 34.0 Å². The smallest absolute Gasteiger partial charge is 0.497 e. The molecule has 0 unspecified atom stereocenters. The summed E-state index contributed by atoms with van der Waals surface area (Å²) in [4.78, 5) is 12.7. The number of rotatable bonds is 6. The summed E-state index contributed by atoms with van der Waals surface area (Å²) in [5.74, 6) is 1.59. The summed E-state index contributed by atoms with van der Waals surface area (Å²) in [6.07, 6.45) is 7.79. The van der Waals surface area contributed by atoms with E-state index in [2.05, 4.69) is 0 Å². The van der Waals surface area contributed by atoms with E-state index in [9.17, 15) is 4.79 Å². The zero-order valence-electron chi connectivity index (χ0n) is 17.1. The van der Waals surface area contributed by atoms with Gasteiger partial charge in [-0.05, 0) is 47.5 Å². The van der Waals surface area contributed by atoms with E-state index in [1.807, 2.05) is 78.9 Å². The van der Waals surface area contributed by atoms with Crippen LogP contribution in [0.4, 0.5) is 0 Å². The van der Waals surface area contributed by atoms with Crippen molar-refractivity contribution in [3.63, 3.8) is 0 Å². The zero-order valence-corrected chi connectivity index (χ0v) is 17.1. The molecule has 0 N–H and O–H groups in total. The number of hydrogen-bond acceptors (Lipinski definition) is 3. The second-order valence-electron chi connectivity index (χ2n) is 6.61. The van der Waals surface area contributed by atoms with Crippen molar-refractivity contribution in [2.75, 3.05) is 14.2 Å². The Bertz CT molecular complexity index is 1040. The first-order valence-electron chi connectivity index (χ1n) is 9.26. The summed E-state index contributed by atoms with van der Waals surface area (Å²) in [6.45, 7) is 0. The van der Waals surface area contributed by atoms with E-state index in [4.69, 9.17) is 9.47 Å². The lowest BCUT2D eigenvalue weighted by molar-refractivity contribution is -0.692. The van der Waals surface area contributed by atoms with Crippen LogP contribution in [0.15, 0.2) is 59.4 Å². The maximum absolute atomic E-state index is 12.7. The van der Waals surface area contributed by atoms with Crippen molar-refractivity contribution in [3.05, 3.63) is 87.6 Å². The van der Waals surface area contributed by atoms with Crippen molar-refractivity contribution >= 4 is 24.3 Å². The van der Waals surface area contributed by atoms with Gasteiger partial charge in [0.1, 0.15) is 22.9 Å². The molecule has 2 aromatic carbocycles. The molecule has 1 aromatic heterocycles. The van der Waals surface area contributed by atoms with E-state index >= 15 is 0 Å². The van der Waals surface area contributed by atoms with Crippen molar-refractivity contribution < 1.29 is 14.0 Å². The molecule has 0 saturated carbocycles. The average Bonchev–Trinajstić information content (AvgIpc) is 2.76. The third-order valence-electron chi connectivity index (χ3n) is 4.72. The Kier molecular flexibility index (Phi) is 6.29. The summed E-state index contributed by atoms with van der Waals surface area (Å²) in [7, 11) is 6.82. The average molecular weight is 389 g/mol. The molecule has 0 bridgehead atoms. The van der Waals surface area contributed by atoms with Gasteiger partial charge in [-0.25, -0.2) is 0 Å². The minimum atomic E-state index is -0.0944. The molecule has 0 amide bonds. The second kappa shape index (κ2) is 9.06. The molecular weight excluding hydrogens is 364 g/mol. The van der Waals surface area contributed by atoms with Gasteiger partial charge in [-0.1, -0.05) is 36.4 Å². The van der Waals surface area contributed by atoms with Crippen molar-refractivity contribution in [3.8, 4) is 11.5 Å². The topological polar surface area (TPSA) is 44.3 Å². The van der Waals surface area contributed by atoms with Crippen LogP contribution in [0.2, 0.25) is 0 Å². The zero-order chi connectivity index (χ0) is 20.8. The van der Waals surface area contributed by atoms with E-state index in [1.54, 1.807) is 37.4 Å². The van der Waals surface area contributed by atoms with Gasteiger partial charge in [0.15, 0.2) is 0 Å². The highest BCUT2D eigenvalue weighted by atomic mass is 16.5. The molecule has 0 atom stereocenters. The van der Waals surface area contributed by atoms with Crippen LogP contribution in [-0.2, 0) is 14.1 Å². The molecule has 5 heteroatoms. The molecule has 0 aliphatic rings. The van der Waals surface area contributed by atoms with E-state index in [-0.39, 0.29) is 5.69 Å². The Morgan fingerprint density at radius 2 is 1.38 bits per heavy atom. The van der Waals surface area contributed by atoms with Crippen LogP contribution < -0.4 is 19.7 Å². The molecule has 29 heavy (non-hydrogen) atoms. The minimum Gasteiger partial charge on any atom is -0.497 e. The summed E-state index contributed by atoms with van der Waals surface area (Å²) in [5, 5.41) is 0. The normalized spacial score (nSPS) is 11.3. The Balaban J connectivity index is 1.95. The largest absolute Gasteiger partial charge is 0.498 e. The van der Waals surface area contributed by atoms with Crippen LogP contribution in [0.25, 0.3) is 24.3 Å². The van der Waals surface area contributed by atoms with Crippen LogP contribution in [-0.4, -0.2) is 18.8 Å². The highest BCUT2D eigenvalue weighted by molar-refractivity contribution is 5.71. The molecule has 0 saturated heterocycles. The summed E-state index contributed by atoms with van der Waals surface area (Å²) < 4.78 is 13.8. The Labute approximate surface area is 170 Å². The molecule has 0 spiro atoms. The molecule has 1 heterocycles. The van der Waals surface area contributed by atoms with Crippen LogP contribution in [0.3, 0.4) is 0 Å². The van der Waals surface area contributed by atoms with Gasteiger partial charge in [0.05, 0.1) is 28.3 Å². The van der Waals surface area contributed by atoms with Crippen LogP contribution in [0.5, 0.6) is 11.5 Å². The molecule has 0 fully saturated rings. The lowest BCUT2D eigenvalue weighted by Crippen LogP contribution is -2.53. The van der Waals surface area contributed by atoms with Crippen molar-refractivity contribution in [2.24, 2.45) is 14.1 Å². The Morgan fingerprint density at radius 3 is 1.93 bits per heavy atom. The molecule has 3 aromatic rings. The van der Waals surface area contributed by atoms with Gasteiger partial charge in [-0.15, -0.1) is 0 Å².